The molecule has 1 aliphatic rings. The Morgan fingerprint density at radius 1 is 1.44 bits per heavy atom. The van der Waals surface area contributed by atoms with Crippen LogP contribution in [0.1, 0.15) is 44.7 Å². The van der Waals surface area contributed by atoms with Gasteiger partial charge in [-0.3, -0.25) is 4.90 Å². The SMILES string of the molecule is CNCC1CCCCN(C(C)C)C1c1ccsc1. The fraction of sp³-hybridized carbons (Fsp3) is 0.733. The molecular weight excluding hydrogens is 240 g/mol. The lowest BCUT2D eigenvalue weighted by molar-refractivity contribution is 0.119. The first-order chi connectivity index (χ1) is 8.74. The summed E-state index contributed by atoms with van der Waals surface area (Å²) in [6.07, 6.45) is 4.07. The highest BCUT2D eigenvalue weighted by Crippen LogP contribution is 2.36. The van der Waals surface area contributed by atoms with Crippen molar-refractivity contribution in [1.82, 2.24) is 10.2 Å². The number of hydrogen-bond donors (Lipinski definition) is 1. The third-order valence-electron chi connectivity index (χ3n) is 4.06. The first-order valence-electron chi connectivity index (χ1n) is 7.16. The van der Waals surface area contributed by atoms with Crippen LogP contribution < -0.4 is 5.32 Å². The fourth-order valence-corrected chi connectivity index (χ4v) is 3.92. The molecule has 0 radical (unpaired) electrons. The van der Waals surface area contributed by atoms with Crippen molar-refractivity contribution < 1.29 is 0 Å². The molecule has 2 atom stereocenters. The van der Waals surface area contributed by atoms with Gasteiger partial charge in [0.25, 0.3) is 0 Å². The topological polar surface area (TPSA) is 15.3 Å². The van der Waals surface area contributed by atoms with Crippen LogP contribution in [0.3, 0.4) is 0 Å². The van der Waals surface area contributed by atoms with E-state index in [1.165, 1.54) is 31.4 Å². The van der Waals surface area contributed by atoms with Crippen molar-refractivity contribution in [3.8, 4) is 0 Å². The fourth-order valence-electron chi connectivity index (χ4n) is 3.23. The normalized spacial score (nSPS) is 26.4. The van der Waals surface area contributed by atoms with Crippen molar-refractivity contribution in [2.75, 3.05) is 20.1 Å². The van der Waals surface area contributed by atoms with Gasteiger partial charge in [0.2, 0.25) is 0 Å². The van der Waals surface area contributed by atoms with Crippen molar-refractivity contribution in [2.45, 2.75) is 45.2 Å². The van der Waals surface area contributed by atoms with E-state index in [1.54, 1.807) is 0 Å². The summed E-state index contributed by atoms with van der Waals surface area (Å²) in [6, 6.07) is 3.55. The van der Waals surface area contributed by atoms with E-state index >= 15 is 0 Å². The third-order valence-corrected chi connectivity index (χ3v) is 4.76. The smallest absolute Gasteiger partial charge is 0.0399 e. The molecule has 1 saturated heterocycles. The maximum atomic E-state index is 3.39. The molecule has 102 valence electrons. The lowest BCUT2D eigenvalue weighted by Gasteiger charge is -2.37. The Kier molecular flexibility index (Phi) is 5.22. The van der Waals surface area contributed by atoms with Crippen LogP contribution in [0, 0.1) is 5.92 Å². The van der Waals surface area contributed by atoms with E-state index in [-0.39, 0.29) is 0 Å². The molecule has 2 nitrogen and oxygen atoms in total. The van der Waals surface area contributed by atoms with Gasteiger partial charge in [-0.25, -0.2) is 0 Å². The zero-order chi connectivity index (χ0) is 13.0. The minimum atomic E-state index is 0.603. The first kappa shape index (κ1) is 14.0. The van der Waals surface area contributed by atoms with E-state index in [2.05, 4.69) is 47.9 Å². The molecule has 0 bridgehead atoms. The quantitative estimate of drug-likeness (QED) is 0.897. The number of hydrogen-bond acceptors (Lipinski definition) is 3. The van der Waals surface area contributed by atoms with Crippen LogP contribution in [0.15, 0.2) is 16.8 Å². The Morgan fingerprint density at radius 3 is 2.89 bits per heavy atom. The van der Waals surface area contributed by atoms with Gasteiger partial charge in [-0.2, -0.15) is 11.3 Å². The Morgan fingerprint density at radius 2 is 2.28 bits per heavy atom. The van der Waals surface area contributed by atoms with Gasteiger partial charge in [0.15, 0.2) is 0 Å². The van der Waals surface area contributed by atoms with Crippen molar-refractivity contribution in [1.29, 1.82) is 0 Å². The van der Waals surface area contributed by atoms with Gasteiger partial charge in [0.05, 0.1) is 0 Å². The maximum absolute atomic E-state index is 3.39. The van der Waals surface area contributed by atoms with Crippen LogP contribution in [-0.4, -0.2) is 31.1 Å². The van der Waals surface area contributed by atoms with Crippen LogP contribution in [0.25, 0.3) is 0 Å². The monoisotopic (exact) mass is 266 g/mol. The molecule has 2 heterocycles. The minimum Gasteiger partial charge on any atom is -0.319 e. The van der Waals surface area contributed by atoms with E-state index in [0.717, 1.165) is 12.5 Å². The lowest BCUT2D eigenvalue weighted by Crippen LogP contribution is -2.40. The molecule has 18 heavy (non-hydrogen) atoms. The van der Waals surface area contributed by atoms with Gasteiger partial charge in [0.1, 0.15) is 0 Å². The summed E-state index contributed by atoms with van der Waals surface area (Å²) in [4.78, 5) is 2.71. The predicted molar refractivity (Wildman–Crippen MR) is 80.2 cm³/mol. The molecule has 0 saturated carbocycles. The van der Waals surface area contributed by atoms with Gasteiger partial charge in [-0.15, -0.1) is 0 Å². The average molecular weight is 266 g/mol. The minimum absolute atomic E-state index is 0.603. The second kappa shape index (κ2) is 6.69. The predicted octanol–water partition coefficient (Wildman–Crippen LogP) is 3.52. The summed E-state index contributed by atoms with van der Waals surface area (Å²) >= 11 is 1.83. The Labute approximate surface area is 115 Å². The highest BCUT2D eigenvalue weighted by Gasteiger charge is 2.32. The summed E-state index contributed by atoms with van der Waals surface area (Å²) in [5.41, 5.74) is 1.52. The van der Waals surface area contributed by atoms with Crippen LogP contribution in [0.4, 0.5) is 0 Å². The molecule has 1 aliphatic heterocycles. The third kappa shape index (κ3) is 3.14. The second-order valence-corrected chi connectivity index (χ2v) is 6.43. The molecule has 1 aromatic heterocycles. The zero-order valence-electron chi connectivity index (χ0n) is 11.9. The van der Waals surface area contributed by atoms with Crippen molar-refractivity contribution >= 4 is 11.3 Å². The average Bonchev–Trinajstić information content (AvgIpc) is 2.77. The molecule has 2 unspecified atom stereocenters. The Hall–Kier alpha value is -0.380. The summed E-state index contributed by atoms with van der Waals surface area (Å²) in [6.45, 7) is 7.05. The zero-order valence-corrected chi connectivity index (χ0v) is 12.7. The van der Waals surface area contributed by atoms with Crippen molar-refractivity contribution in [3.63, 3.8) is 0 Å². The van der Waals surface area contributed by atoms with Crippen LogP contribution >= 0.6 is 11.3 Å². The largest absolute Gasteiger partial charge is 0.319 e. The van der Waals surface area contributed by atoms with Gasteiger partial charge in [0, 0.05) is 12.1 Å². The van der Waals surface area contributed by atoms with Gasteiger partial charge < -0.3 is 5.32 Å². The molecule has 1 aromatic rings. The number of thiophene rings is 1. The Bertz CT molecular complexity index is 334. The van der Waals surface area contributed by atoms with E-state index in [4.69, 9.17) is 0 Å². The van der Waals surface area contributed by atoms with E-state index in [0.29, 0.717) is 12.1 Å². The molecule has 1 N–H and O–H groups in total. The second-order valence-electron chi connectivity index (χ2n) is 5.65. The summed E-state index contributed by atoms with van der Waals surface area (Å²) in [5, 5.41) is 7.95. The van der Waals surface area contributed by atoms with E-state index < -0.39 is 0 Å². The van der Waals surface area contributed by atoms with Gasteiger partial charge in [-0.1, -0.05) is 6.42 Å². The standard InChI is InChI=1S/C15H26N2S/c1-12(2)17-8-5-4-6-13(10-16-3)15(17)14-7-9-18-11-14/h7,9,11-13,15-16H,4-6,8,10H2,1-3H3. The lowest BCUT2D eigenvalue weighted by atomic mass is 9.90. The number of likely N-dealkylation sites (tertiary alicyclic amines) is 1. The summed E-state index contributed by atoms with van der Waals surface area (Å²) in [5.74, 6) is 0.745. The maximum Gasteiger partial charge on any atom is 0.0399 e. The van der Waals surface area contributed by atoms with Gasteiger partial charge in [-0.05, 0) is 75.1 Å². The van der Waals surface area contributed by atoms with Crippen molar-refractivity contribution in [2.24, 2.45) is 5.92 Å². The molecule has 2 rings (SSSR count). The molecule has 0 aliphatic carbocycles. The highest BCUT2D eigenvalue weighted by molar-refractivity contribution is 7.07. The summed E-state index contributed by atoms with van der Waals surface area (Å²) in [7, 11) is 2.08. The van der Waals surface area contributed by atoms with Crippen molar-refractivity contribution in [3.05, 3.63) is 22.4 Å². The number of nitrogens with zero attached hydrogens (tertiary/aromatic N) is 1. The van der Waals surface area contributed by atoms with E-state index in [9.17, 15) is 0 Å². The molecule has 1 fully saturated rings. The summed E-state index contributed by atoms with van der Waals surface area (Å²) < 4.78 is 0. The molecule has 0 spiro atoms. The van der Waals surface area contributed by atoms with Crippen LogP contribution in [-0.2, 0) is 0 Å². The van der Waals surface area contributed by atoms with E-state index in [1.807, 2.05) is 11.3 Å². The highest BCUT2D eigenvalue weighted by atomic mass is 32.1. The number of rotatable bonds is 4. The molecule has 3 heteroatoms. The molecule has 0 amide bonds. The number of nitrogens with one attached hydrogen (secondary N) is 1. The van der Waals surface area contributed by atoms with Gasteiger partial charge >= 0.3 is 0 Å². The molecule has 0 aromatic carbocycles. The van der Waals surface area contributed by atoms with Crippen LogP contribution in [0.5, 0.6) is 0 Å². The first-order valence-corrected chi connectivity index (χ1v) is 8.10. The molecular formula is C15H26N2S. The Balaban J connectivity index is 2.27. The van der Waals surface area contributed by atoms with Crippen LogP contribution in [0.2, 0.25) is 0 Å².